The van der Waals surface area contributed by atoms with E-state index in [1.54, 1.807) is 11.0 Å². The zero-order valence-corrected chi connectivity index (χ0v) is 10.5. The molecule has 0 aromatic heterocycles. The highest BCUT2D eigenvalue weighted by molar-refractivity contribution is 7.95. The van der Waals surface area contributed by atoms with Gasteiger partial charge < -0.3 is 4.74 Å². The summed E-state index contributed by atoms with van der Waals surface area (Å²) in [6.07, 6.45) is 1.77. The van der Waals surface area contributed by atoms with Crippen LogP contribution in [-0.4, -0.2) is 24.6 Å². The Kier molecular flexibility index (Phi) is 5.22. The van der Waals surface area contributed by atoms with Gasteiger partial charge in [0.2, 0.25) is 0 Å². The van der Waals surface area contributed by atoms with E-state index in [2.05, 4.69) is 5.10 Å². The van der Waals surface area contributed by atoms with E-state index in [1.807, 2.05) is 38.2 Å². The Morgan fingerprint density at radius 2 is 2.13 bits per heavy atom. The van der Waals surface area contributed by atoms with Crippen LogP contribution in [0, 0.1) is 0 Å². The molecule has 0 N–H and O–H groups in total. The van der Waals surface area contributed by atoms with E-state index in [4.69, 9.17) is 16.5 Å². The average Bonchev–Trinajstić information content (AvgIpc) is 2.28. The quantitative estimate of drug-likeness (QED) is 0.449. The van der Waals surface area contributed by atoms with Gasteiger partial charge in [0.15, 0.2) is 0 Å². The van der Waals surface area contributed by atoms with Crippen LogP contribution in [0.25, 0.3) is 0 Å². The molecule has 3 nitrogen and oxygen atoms in total. The van der Waals surface area contributed by atoms with Crippen LogP contribution in [0.5, 0.6) is 5.75 Å². The maximum Gasteiger partial charge on any atom is 0.119 e. The van der Waals surface area contributed by atoms with Crippen molar-refractivity contribution in [3.8, 4) is 5.75 Å². The molecule has 0 saturated carbocycles. The highest BCUT2D eigenvalue weighted by atomic mass is 32.4. The van der Waals surface area contributed by atoms with Gasteiger partial charge in [-0.25, -0.2) is 4.78 Å². The topological polar surface area (TPSA) is 24.8 Å². The van der Waals surface area contributed by atoms with Crippen LogP contribution in [0.3, 0.4) is 0 Å². The van der Waals surface area contributed by atoms with Gasteiger partial charge in [0.25, 0.3) is 0 Å². The van der Waals surface area contributed by atoms with Gasteiger partial charge >= 0.3 is 0 Å². The number of ether oxygens (including phenoxy) is 1. The van der Waals surface area contributed by atoms with Gasteiger partial charge in [-0.3, -0.25) is 0 Å². The van der Waals surface area contributed by atoms with Gasteiger partial charge in [-0.1, -0.05) is 0 Å². The Bertz CT molecular complexity index is 340. The molecule has 0 unspecified atom stereocenters. The number of rotatable bonds is 5. The van der Waals surface area contributed by atoms with Crippen molar-refractivity contribution in [1.82, 2.24) is 4.78 Å². The molecule has 0 saturated heterocycles. The van der Waals surface area contributed by atoms with Crippen LogP contribution in [0.2, 0.25) is 0 Å². The summed E-state index contributed by atoms with van der Waals surface area (Å²) >= 11 is 4.81. The molecule has 0 radical (unpaired) electrons. The van der Waals surface area contributed by atoms with Crippen LogP contribution in [0.15, 0.2) is 29.4 Å². The predicted molar refractivity (Wildman–Crippen MR) is 67.3 cm³/mol. The highest BCUT2D eigenvalue weighted by Gasteiger charge is 1.92. The second-order valence-electron chi connectivity index (χ2n) is 2.82. The lowest BCUT2D eigenvalue weighted by molar-refractivity contribution is 0.340. The van der Waals surface area contributed by atoms with Crippen molar-refractivity contribution in [1.29, 1.82) is 0 Å². The van der Waals surface area contributed by atoms with Gasteiger partial charge in [-0.15, -0.1) is 0 Å². The first kappa shape index (κ1) is 12.1. The number of hydrazone groups is 1. The van der Waals surface area contributed by atoms with Crippen LogP contribution < -0.4 is 4.74 Å². The van der Waals surface area contributed by atoms with Crippen molar-refractivity contribution in [3.05, 3.63) is 29.8 Å². The molecule has 0 bridgehead atoms. The molecular weight excluding hydrogens is 227 g/mol. The van der Waals surface area contributed by atoms with Crippen molar-refractivity contribution < 1.29 is 4.74 Å². The standard InChI is InChI=1S/C10H13N2OPS/c1-3-13-10-6-4-9(5-7-10)8-11-12(2)14-15/h4-8H,3H2,1-2H3/b11-8+. The zero-order valence-electron chi connectivity index (χ0n) is 8.75. The molecule has 1 rings (SSSR count). The molecule has 0 heterocycles. The lowest BCUT2D eigenvalue weighted by atomic mass is 10.2. The Labute approximate surface area is 96.6 Å². The summed E-state index contributed by atoms with van der Waals surface area (Å²) in [6.45, 7) is 2.65. The summed E-state index contributed by atoms with van der Waals surface area (Å²) in [5, 5.41) is 4.14. The van der Waals surface area contributed by atoms with Crippen LogP contribution in [0.1, 0.15) is 12.5 Å². The van der Waals surface area contributed by atoms with E-state index in [0.29, 0.717) is 14.1 Å². The first-order chi connectivity index (χ1) is 7.26. The predicted octanol–water partition coefficient (Wildman–Crippen LogP) is 2.67. The molecule has 0 fully saturated rings. The van der Waals surface area contributed by atoms with Crippen LogP contribution in [-0.2, 0) is 11.8 Å². The molecule has 0 aliphatic heterocycles. The third-order valence-electron chi connectivity index (χ3n) is 1.68. The lowest BCUT2D eigenvalue weighted by Crippen LogP contribution is -1.95. The Morgan fingerprint density at radius 1 is 1.47 bits per heavy atom. The summed E-state index contributed by atoms with van der Waals surface area (Å²) in [4.78, 5) is 0. The minimum absolute atomic E-state index is 0.686. The first-order valence-corrected chi connectivity index (χ1v) is 6.46. The minimum Gasteiger partial charge on any atom is -0.494 e. The number of hydrogen-bond donors (Lipinski definition) is 0. The molecule has 0 atom stereocenters. The minimum atomic E-state index is 0.686. The largest absolute Gasteiger partial charge is 0.494 e. The third-order valence-corrected chi connectivity index (χ3v) is 2.73. The third kappa shape index (κ3) is 4.36. The second-order valence-corrected chi connectivity index (χ2v) is 4.05. The maximum atomic E-state index is 5.33. The van der Waals surface area contributed by atoms with Crippen molar-refractivity contribution in [2.75, 3.05) is 13.7 Å². The summed E-state index contributed by atoms with van der Waals surface area (Å²) in [7, 11) is 2.55. The Hall–Kier alpha value is -0.990. The number of benzene rings is 1. The molecule has 1 aromatic carbocycles. The fraction of sp³-hybridized carbons (Fsp3) is 0.300. The molecule has 15 heavy (non-hydrogen) atoms. The first-order valence-electron chi connectivity index (χ1n) is 4.60. The molecule has 5 heteroatoms. The molecule has 0 aliphatic rings. The molecule has 80 valence electrons. The van der Waals surface area contributed by atoms with Gasteiger partial charge in [-0.2, -0.15) is 5.10 Å². The van der Waals surface area contributed by atoms with Crippen molar-refractivity contribution in [3.63, 3.8) is 0 Å². The van der Waals surface area contributed by atoms with Crippen molar-refractivity contribution >= 4 is 25.5 Å². The average molecular weight is 240 g/mol. The second kappa shape index (κ2) is 6.49. The summed E-state index contributed by atoms with van der Waals surface area (Å²) in [6, 6.07) is 7.78. The maximum absolute atomic E-state index is 5.33. The van der Waals surface area contributed by atoms with Crippen molar-refractivity contribution in [2.45, 2.75) is 6.92 Å². The normalized spacial score (nSPS) is 10.8. The van der Waals surface area contributed by atoms with Gasteiger partial charge in [0.05, 0.1) is 12.8 Å². The molecule has 0 amide bonds. The number of hydrogen-bond acceptors (Lipinski definition) is 3. The molecule has 0 spiro atoms. The summed E-state index contributed by atoms with van der Waals surface area (Å²) in [5.41, 5.74) is 1.03. The van der Waals surface area contributed by atoms with Crippen LogP contribution in [0.4, 0.5) is 0 Å². The molecule has 1 aromatic rings. The van der Waals surface area contributed by atoms with E-state index in [1.165, 1.54) is 0 Å². The Morgan fingerprint density at radius 3 is 2.67 bits per heavy atom. The number of nitrogens with zero attached hydrogens (tertiary/aromatic N) is 2. The van der Waals surface area contributed by atoms with Gasteiger partial charge in [0.1, 0.15) is 13.3 Å². The fourth-order valence-corrected chi connectivity index (χ4v) is 1.21. The highest BCUT2D eigenvalue weighted by Crippen LogP contribution is 2.11. The molecule has 0 aliphatic carbocycles. The SMILES string of the molecule is CCOc1ccc(/C=N/N(C)P=S)cc1. The van der Waals surface area contributed by atoms with E-state index in [-0.39, 0.29) is 0 Å². The molecular formula is C10H13N2OPS. The van der Waals surface area contributed by atoms with E-state index < -0.39 is 0 Å². The van der Waals surface area contributed by atoms with Crippen molar-refractivity contribution in [2.24, 2.45) is 5.10 Å². The summed E-state index contributed by atoms with van der Waals surface area (Å²) < 4.78 is 7.01. The van der Waals surface area contributed by atoms with E-state index in [0.717, 1.165) is 11.3 Å². The fourth-order valence-electron chi connectivity index (χ4n) is 0.988. The van der Waals surface area contributed by atoms with Gasteiger partial charge in [-0.05, 0) is 48.6 Å². The monoisotopic (exact) mass is 240 g/mol. The van der Waals surface area contributed by atoms with Crippen LogP contribution >= 0.6 is 7.51 Å². The van der Waals surface area contributed by atoms with Gasteiger partial charge in [0, 0.05) is 7.05 Å². The summed E-state index contributed by atoms with van der Waals surface area (Å²) in [5.74, 6) is 0.879. The van der Waals surface area contributed by atoms with E-state index >= 15 is 0 Å². The Balaban J connectivity index is 2.63. The lowest BCUT2D eigenvalue weighted by Gasteiger charge is -2.03. The zero-order chi connectivity index (χ0) is 11.1. The smallest absolute Gasteiger partial charge is 0.119 e. The van der Waals surface area contributed by atoms with E-state index in [9.17, 15) is 0 Å².